The summed E-state index contributed by atoms with van der Waals surface area (Å²) in [4.78, 5) is 4.68. The predicted octanol–water partition coefficient (Wildman–Crippen LogP) is 3.98. The number of nitrogens with two attached hydrogens (primary N) is 1. The highest BCUT2D eigenvalue weighted by atomic mass is 32.2. The molecule has 1 heterocycles. The first-order chi connectivity index (χ1) is 10.4. The summed E-state index contributed by atoms with van der Waals surface area (Å²) in [5.74, 6) is 1.83. The van der Waals surface area contributed by atoms with Gasteiger partial charge in [0.2, 0.25) is 10.0 Å². The molecular weight excluding hydrogens is 312 g/mol. The molecular formula is C17H24N2O3S. The Kier molecular flexibility index (Phi) is 5.26. The monoisotopic (exact) mass is 336 g/mol. The minimum absolute atomic E-state index is 0. The van der Waals surface area contributed by atoms with E-state index in [-0.39, 0.29) is 12.3 Å². The van der Waals surface area contributed by atoms with Gasteiger partial charge >= 0.3 is 0 Å². The fraction of sp³-hybridized carbons (Fsp3) is 0.471. The van der Waals surface area contributed by atoms with Crippen LogP contribution >= 0.6 is 0 Å². The maximum Gasteiger partial charge on any atom is 0.238 e. The summed E-state index contributed by atoms with van der Waals surface area (Å²) in [6.45, 7) is 1.84. The Hall–Kier alpha value is -1.66. The van der Waals surface area contributed by atoms with Crippen LogP contribution in [-0.4, -0.2) is 13.4 Å². The summed E-state index contributed by atoms with van der Waals surface area (Å²) in [5, 5.41) is 5.13. The van der Waals surface area contributed by atoms with Crippen molar-refractivity contribution in [2.45, 2.75) is 57.3 Å². The van der Waals surface area contributed by atoms with Gasteiger partial charge in [0.1, 0.15) is 0 Å². The highest BCUT2D eigenvalue weighted by Gasteiger charge is 2.24. The number of benzene rings is 1. The third kappa shape index (κ3) is 3.82. The van der Waals surface area contributed by atoms with Gasteiger partial charge in [-0.05, 0) is 37.1 Å². The van der Waals surface area contributed by atoms with Crippen LogP contribution in [0.5, 0.6) is 0 Å². The van der Waals surface area contributed by atoms with Crippen LogP contribution in [0.2, 0.25) is 0 Å². The average Bonchev–Trinajstić information content (AvgIpc) is 2.89. The zero-order valence-corrected chi connectivity index (χ0v) is 13.4. The van der Waals surface area contributed by atoms with Gasteiger partial charge in [0, 0.05) is 18.4 Å². The normalized spacial score (nSPS) is 16.1. The van der Waals surface area contributed by atoms with Gasteiger partial charge in [-0.1, -0.05) is 26.7 Å². The second-order valence-electron chi connectivity index (χ2n) is 5.85. The number of aromatic nitrogens is 1. The van der Waals surface area contributed by atoms with Gasteiger partial charge in [-0.2, -0.15) is 0 Å². The van der Waals surface area contributed by atoms with E-state index < -0.39 is 10.0 Å². The molecule has 2 N–H and O–H groups in total. The molecule has 5 nitrogen and oxygen atoms in total. The lowest BCUT2D eigenvalue weighted by atomic mass is 9.85. The molecule has 6 heteroatoms. The first-order valence-corrected chi connectivity index (χ1v) is 9.10. The van der Waals surface area contributed by atoms with Crippen LogP contribution in [0, 0.1) is 6.92 Å². The number of rotatable bonds is 3. The molecule has 0 radical (unpaired) electrons. The van der Waals surface area contributed by atoms with Crippen LogP contribution in [0.3, 0.4) is 0 Å². The molecule has 1 aliphatic carbocycles. The maximum atomic E-state index is 11.3. The number of oxazole rings is 1. The first kappa shape index (κ1) is 17.7. The van der Waals surface area contributed by atoms with Crippen molar-refractivity contribution in [1.82, 2.24) is 4.98 Å². The summed E-state index contributed by atoms with van der Waals surface area (Å²) in [7, 11) is -3.67. The minimum atomic E-state index is -3.67. The van der Waals surface area contributed by atoms with E-state index in [1.165, 1.54) is 31.4 Å². The molecule has 126 valence electrons. The zero-order chi connectivity index (χ0) is 15.7. The number of aryl methyl sites for hydroxylation is 1. The smallest absolute Gasteiger partial charge is 0.238 e. The Labute approximate surface area is 138 Å². The highest BCUT2D eigenvalue weighted by Crippen LogP contribution is 2.38. The molecule has 0 unspecified atom stereocenters. The van der Waals surface area contributed by atoms with Gasteiger partial charge in [-0.3, -0.25) is 0 Å². The SMILES string of the molecule is C.Cc1nc(C2CCCCC2)c(-c2ccc(S(N)(=O)=O)cc2)o1. The van der Waals surface area contributed by atoms with Crippen molar-refractivity contribution in [3.8, 4) is 11.3 Å². The van der Waals surface area contributed by atoms with E-state index in [1.807, 2.05) is 6.92 Å². The van der Waals surface area contributed by atoms with Gasteiger partial charge in [0.25, 0.3) is 0 Å². The Morgan fingerprint density at radius 3 is 2.30 bits per heavy atom. The molecule has 1 fully saturated rings. The molecule has 3 rings (SSSR count). The fourth-order valence-corrected chi connectivity index (χ4v) is 3.61. The van der Waals surface area contributed by atoms with Gasteiger partial charge in [-0.15, -0.1) is 0 Å². The number of hydrogen-bond acceptors (Lipinski definition) is 4. The molecule has 1 saturated carbocycles. The number of sulfonamides is 1. The molecule has 0 saturated heterocycles. The molecule has 0 spiro atoms. The fourth-order valence-electron chi connectivity index (χ4n) is 3.10. The van der Waals surface area contributed by atoms with Crippen molar-refractivity contribution in [2.24, 2.45) is 5.14 Å². The molecule has 0 atom stereocenters. The quantitative estimate of drug-likeness (QED) is 0.918. The Morgan fingerprint density at radius 1 is 1.13 bits per heavy atom. The Balaban J connectivity index is 0.00000192. The molecule has 0 aliphatic heterocycles. The van der Waals surface area contributed by atoms with Gasteiger partial charge in [0.05, 0.1) is 10.6 Å². The van der Waals surface area contributed by atoms with Crippen molar-refractivity contribution in [1.29, 1.82) is 0 Å². The van der Waals surface area contributed by atoms with Crippen molar-refractivity contribution >= 4 is 10.0 Å². The summed E-state index contributed by atoms with van der Waals surface area (Å²) < 4.78 is 28.5. The standard InChI is InChI=1S/C16H20N2O3S.CH4/c1-11-18-15(12-5-3-2-4-6-12)16(21-11)13-7-9-14(10-8-13)22(17,19)20;/h7-10,12H,2-6H2,1H3,(H2,17,19,20);1H4. The molecule has 1 aliphatic rings. The van der Waals surface area contributed by atoms with Gasteiger partial charge in [0.15, 0.2) is 11.7 Å². The zero-order valence-electron chi connectivity index (χ0n) is 12.6. The van der Waals surface area contributed by atoms with Crippen LogP contribution in [0.4, 0.5) is 0 Å². The lowest BCUT2D eigenvalue weighted by Gasteiger charge is -2.20. The van der Waals surface area contributed by atoms with Gasteiger partial charge < -0.3 is 4.42 Å². The second-order valence-corrected chi connectivity index (χ2v) is 7.41. The minimum Gasteiger partial charge on any atom is -0.441 e. The van der Waals surface area contributed by atoms with Crippen molar-refractivity contribution in [2.75, 3.05) is 0 Å². The van der Waals surface area contributed by atoms with E-state index in [4.69, 9.17) is 9.56 Å². The van der Waals surface area contributed by atoms with Crippen LogP contribution in [-0.2, 0) is 10.0 Å². The van der Waals surface area contributed by atoms with E-state index in [2.05, 4.69) is 4.98 Å². The summed E-state index contributed by atoms with van der Waals surface area (Å²) in [6, 6.07) is 6.47. The van der Waals surface area contributed by atoms with Crippen LogP contribution < -0.4 is 5.14 Å². The van der Waals surface area contributed by atoms with Crippen molar-refractivity contribution in [3.05, 3.63) is 35.9 Å². The third-order valence-corrected chi connectivity index (χ3v) is 5.13. The second kappa shape index (κ2) is 6.84. The summed E-state index contributed by atoms with van der Waals surface area (Å²) in [6.07, 6.45) is 5.99. The number of hydrogen-bond donors (Lipinski definition) is 1. The lowest BCUT2D eigenvalue weighted by Crippen LogP contribution is -2.11. The predicted molar refractivity (Wildman–Crippen MR) is 90.6 cm³/mol. The van der Waals surface area contributed by atoms with Crippen molar-refractivity contribution in [3.63, 3.8) is 0 Å². The molecule has 1 aromatic carbocycles. The first-order valence-electron chi connectivity index (χ1n) is 7.56. The van der Waals surface area contributed by atoms with Crippen LogP contribution in [0.25, 0.3) is 11.3 Å². The summed E-state index contributed by atoms with van der Waals surface area (Å²) >= 11 is 0. The molecule has 0 bridgehead atoms. The van der Waals surface area contributed by atoms with E-state index >= 15 is 0 Å². The maximum absolute atomic E-state index is 11.3. The highest BCUT2D eigenvalue weighted by molar-refractivity contribution is 7.89. The van der Waals surface area contributed by atoms with Gasteiger partial charge in [-0.25, -0.2) is 18.5 Å². The van der Waals surface area contributed by atoms with Crippen molar-refractivity contribution < 1.29 is 12.8 Å². The molecule has 1 aromatic heterocycles. The topological polar surface area (TPSA) is 86.2 Å². The third-order valence-electron chi connectivity index (χ3n) is 4.20. The Bertz CT molecular complexity index is 758. The Morgan fingerprint density at radius 2 is 1.74 bits per heavy atom. The van der Waals surface area contributed by atoms with Crippen LogP contribution in [0.15, 0.2) is 33.6 Å². The van der Waals surface area contributed by atoms with Crippen LogP contribution in [0.1, 0.15) is 57.0 Å². The summed E-state index contributed by atoms with van der Waals surface area (Å²) in [5.41, 5.74) is 1.84. The number of primary sulfonamides is 1. The molecule has 0 amide bonds. The van der Waals surface area contributed by atoms with E-state index in [1.54, 1.807) is 12.1 Å². The lowest BCUT2D eigenvalue weighted by molar-refractivity contribution is 0.437. The largest absolute Gasteiger partial charge is 0.441 e. The number of nitrogens with zero attached hydrogens (tertiary/aromatic N) is 1. The van der Waals surface area contributed by atoms with E-state index in [9.17, 15) is 8.42 Å². The van der Waals surface area contributed by atoms with E-state index in [0.29, 0.717) is 11.8 Å². The van der Waals surface area contributed by atoms with E-state index in [0.717, 1.165) is 29.9 Å². The molecule has 23 heavy (non-hydrogen) atoms. The average molecular weight is 336 g/mol. The molecule has 2 aromatic rings.